The normalized spacial score (nSPS) is 30.8. The molecule has 3 fully saturated rings. The van der Waals surface area contributed by atoms with Gasteiger partial charge in [-0.25, -0.2) is 9.68 Å². The van der Waals surface area contributed by atoms with E-state index >= 15 is 0 Å². The fourth-order valence-electron chi connectivity index (χ4n) is 10.8. The van der Waals surface area contributed by atoms with E-state index in [0.717, 1.165) is 72.8 Å². The molecule has 1 amide bonds. The van der Waals surface area contributed by atoms with Gasteiger partial charge in [0.15, 0.2) is 0 Å². The summed E-state index contributed by atoms with van der Waals surface area (Å²) in [4.78, 5) is 21.9. The molecule has 0 bridgehead atoms. The van der Waals surface area contributed by atoms with Crippen molar-refractivity contribution in [3.63, 3.8) is 0 Å². The van der Waals surface area contributed by atoms with Crippen molar-refractivity contribution in [3.05, 3.63) is 11.6 Å². The maximum Gasteiger partial charge on any atom is 0.273 e. The second kappa shape index (κ2) is 22.3. The van der Waals surface area contributed by atoms with Gasteiger partial charge in [0.05, 0.1) is 19.3 Å². The molecule has 50 heavy (non-hydrogen) atoms. The smallest absolute Gasteiger partial charge is 0.273 e. The van der Waals surface area contributed by atoms with Crippen LogP contribution in [-0.4, -0.2) is 59.0 Å². The van der Waals surface area contributed by atoms with E-state index in [0.29, 0.717) is 17.3 Å². The molecule has 0 radical (unpaired) electrons. The molecule has 0 saturated heterocycles. The van der Waals surface area contributed by atoms with E-state index in [-0.39, 0.29) is 38.4 Å². The molecular weight excluding hydrogens is 626 g/mol. The summed E-state index contributed by atoms with van der Waals surface area (Å²) in [5.74, 6) is 5.18. The first kappa shape index (κ1) is 43.4. The van der Waals surface area contributed by atoms with Crippen molar-refractivity contribution in [1.29, 1.82) is 0 Å². The van der Waals surface area contributed by atoms with E-state index < -0.39 is 0 Å². The van der Waals surface area contributed by atoms with Crippen LogP contribution in [0.15, 0.2) is 11.6 Å². The number of hydrogen-bond donors (Lipinski definition) is 3. The van der Waals surface area contributed by atoms with Gasteiger partial charge in [0.25, 0.3) is 5.91 Å². The molecule has 4 aliphatic carbocycles. The van der Waals surface area contributed by atoms with E-state index in [9.17, 15) is 9.90 Å². The van der Waals surface area contributed by atoms with Crippen LogP contribution in [0.2, 0.25) is 0 Å². The van der Waals surface area contributed by atoms with Crippen LogP contribution in [0.25, 0.3) is 0 Å². The quantitative estimate of drug-likeness (QED) is 0.0625. The molecule has 4 aliphatic rings. The number of carbonyl (C=O) groups is 1. The number of hydroxylamine groups is 2. The van der Waals surface area contributed by atoms with Crippen molar-refractivity contribution >= 4 is 5.91 Å². The lowest BCUT2D eigenvalue weighted by atomic mass is 9.47. The monoisotopic (exact) mass is 706 g/mol. The van der Waals surface area contributed by atoms with Crippen molar-refractivity contribution in [2.45, 2.75) is 182 Å². The molecule has 7 heteroatoms. The number of amides is 1. The second-order valence-electron chi connectivity index (χ2n) is 17.5. The average molecular weight is 706 g/mol. The third kappa shape index (κ3) is 12.3. The molecular formula is C43H79NO6. The number of nitrogens with zero attached hydrogens (tertiary/aromatic N) is 1. The first-order chi connectivity index (χ1) is 24.0. The van der Waals surface area contributed by atoms with E-state index in [2.05, 4.69) is 47.6 Å². The molecule has 8 atom stereocenters. The third-order valence-corrected chi connectivity index (χ3v) is 13.6. The number of carbonyl (C=O) groups excluding carboxylic acids is 1. The summed E-state index contributed by atoms with van der Waals surface area (Å²) in [6.07, 6.45) is 28.2. The lowest BCUT2D eigenvalue weighted by Crippen LogP contribution is -2.50. The topological polar surface area (TPSA) is 99.5 Å². The van der Waals surface area contributed by atoms with Gasteiger partial charge < -0.3 is 15.3 Å². The Balaban J connectivity index is 0.000000281. The Morgan fingerprint density at radius 3 is 2.10 bits per heavy atom. The SMILES string of the molecule is CC(C)CCCC(C)[C@H]1CC[C@H]2[C@@H]3CC=C4C[C@@H](O)CC[C@]4(C)[C@H]3CC[C@]12C.CCCCCCCCCCCC(=O)N(OCCO)OCCO. The summed E-state index contributed by atoms with van der Waals surface area (Å²) in [6, 6.07) is 0. The lowest BCUT2D eigenvalue weighted by molar-refractivity contribution is -0.345. The number of rotatable bonds is 21. The Labute approximate surface area is 307 Å². The Morgan fingerprint density at radius 1 is 0.840 bits per heavy atom. The van der Waals surface area contributed by atoms with Gasteiger partial charge in [0, 0.05) is 6.42 Å². The van der Waals surface area contributed by atoms with Gasteiger partial charge in [-0.3, -0.25) is 4.79 Å². The fraction of sp³-hybridized carbons (Fsp3) is 0.930. The molecule has 0 aromatic heterocycles. The Morgan fingerprint density at radius 2 is 1.48 bits per heavy atom. The Kier molecular flexibility index (Phi) is 19.3. The zero-order valence-electron chi connectivity index (χ0n) is 33.3. The number of allylic oxidation sites excluding steroid dienone is 1. The molecule has 4 rings (SSSR count). The average Bonchev–Trinajstić information content (AvgIpc) is 3.45. The van der Waals surface area contributed by atoms with Gasteiger partial charge >= 0.3 is 0 Å². The molecule has 3 saturated carbocycles. The van der Waals surface area contributed by atoms with Gasteiger partial charge in [0.1, 0.15) is 13.2 Å². The van der Waals surface area contributed by atoms with Crippen LogP contribution in [0.3, 0.4) is 0 Å². The van der Waals surface area contributed by atoms with Crippen molar-refractivity contribution in [1.82, 2.24) is 5.23 Å². The van der Waals surface area contributed by atoms with Gasteiger partial charge in [-0.2, -0.15) is 0 Å². The van der Waals surface area contributed by atoms with Crippen LogP contribution in [0, 0.1) is 46.3 Å². The summed E-state index contributed by atoms with van der Waals surface area (Å²) < 4.78 is 0. The minimum absolute atomic E-state index is 0.00503. The van der Waals surface area contributed by atoms with E-state index in [4.69, 9.17) is 19.9 Å². The second-order valence-corrected chi connectivity index (χ2v) is 17.5. The number of unbranched alkanes of at least 4 members (excludes halogenated alkanes) is 8. The molecule has 0 aromatic carbocycles. The summed E-state index contributed by atoms with van der Waals surface area (Å²) >= 11 is 0. The number of aliphatic hydroxyl groups is 3. The lowest BCUT2D eigenvalue weighted by Gasteiger charge is -2.58. The molecule has 0 spiro atoms. The Bertz CT molecular complexity index is 978. The number of fused-ring (bicyclic) bond motifs is 5. The maximum atomic E-state index is 11.9. The van der Waals surface area contributed by atoms with Crippen molar-refractivity contribution < 1.29 is 29.8 Å². The van der Waals surface area contributed by atoms with E-state index in [1.165, 1.54) is 96.3 Å². The molecule has 7 nitrogen and oxygen atoms in total. The van der Waals surface area contributed by atoms with Gasteiger partial charge in [-0.05, 0) is 104 Å². The highest BCUT2D eigenvalue weighted by Crippen LogP contribution is 2.67. The summed E-state index contributed by atoms with van der Waals surface area (Å²) in [5.41, 5.74) is 2.60. The highest BCUT2D eigenvalue weighted by atomic mass is 17.0. The van der Waals surface area contributed by atoms with Crippen LogP contribution in [0.4, 0.5) is 0 Å². The van der Waals surface area contributed by atoms with Crippen molar-refractivity contribution in [2.75, 3.05) is 26.4 Å². The minimum Gasteiger partial charge on any atom is -0.394 e. The zero-order valence-corrected chi connectivity index (χ0v) is 33.3. The fourth-order valence-corrected chi connectivity index (χ4v) is 10.8. The summed E-state index contributed by atoms with van der Waals surface area (Å²) in [6.45, 7) is 14.4. The Hall–Kier alpha value is -0.990. The maximum absolute atomic E-state index is 11.9. The van der Waals surface area contributed by atoms with E-state index in [1.54, 1.807) is 5.57 Å². The zero-order chi connectivity index (χ0) is 36.6. The number of hydrogen-bond acceptors (Lipinski definition) is 6. The van der Waals surface area contributed by atoms with Crippen LogP contribution >= 0.6 is 0 Å². The van der Waals surface area contributed by atoms with Gasteiger partial charge in [-0.15, -0.1) is 0 Å². The summed E-state index contributed by atoms with van der Waals surface area (Å²) in [5, 5.41) is 28.4. The third-order valence-electron chi connectivity index (χ3n) is 13.6. The largest absolute Gasteiger partial charge is 0.394 e. The van der Waals surface area contributed by atoms with E-state index in [1.807, 2.05) is 0 Å². The van der Waals surface area contributed by atoms with Crippen LogP contribution < -0.4 is 0 Å². The standard InChI is InChI=1S/C27H46O.C16H33NO5/c1-18(2)7-6-8-19(3)23-11-12-24-22-10-9-20-17-21(28)13-15-26(20,4)25(22)14-16-27(23,24)5;1-2-3-4-5-6-7-8-9-10-11-16(20)17(21-14-12-18)22-15-13-19/h9,18-19,21-25,28H,6-8,10-17H2,1-5H3;18-19H,2-15H2,1H3/t19?,21-,22-,23+,24-,25-,26-,27+;/m0./s1. The van der Waals surface area contributed by atoms with Crippen molar-refractivity contribution in [2.24, 2.45) is 46.3 Å². The first-order valence-corrected chi connectivity index (χ1v) is 21.2. The van der Waals surface area contributed by atoms with Gasteiger partial charge in [-0.1, -0.05) is 129 Å². The molecule has 3 N–H and O–H groups in total. The van der Waals surface area contributed by atoms with Crippen LogP contribution in [0.5, 0.6) is 0 Å². The van der Waals surface area contributed by atoms with Crippen LogP contribution in [0.1, 0.15) is 176 Å². The number of aliphatic hydroxyl groups excluding tert-OH is 3. The highest BCUT2D eigenvalue weighted by Gasteiger charge is 2.59. The predicted octanol–water partition coefficient (Wildman–Crippen LogP) is 9.97. The first-order valence-electron chi connectivity index (χ1n) is 21.2. The highest BCUT2D eigenvalue weighted by molar-refractivity contribution is 5.73. The molecule has 0 aromatic rings. The molecule has 0 heterocycles. The van der Waals surface area contributed by atoms with Gasteiger partial charge in [0.2, 0.25) is 0 Å². The van der Waals surface area contributed by atoms with Crippen LogP contribution in [-0.2, 0) is 14.5 Å². The molecule has 0 aliphatic heterocycles. The molecule has 292 valence electrons. The predicted molar refractivity (Wildman–Crippen MR) is 204 cm³/mol. The summed E-state index contributed by atoms with van der Waals surface area (Å²) in [7, 11) is 0. The molecule has 1 unspecified atom stereocenters. The van der Waals surface area contributed by atoms with Crippen molar-refractivity contribution in [3.8, 4) is 0 Å². The minimum atomic E-state index is -0.273.